The van der Waals surface area contributed by atoms with Crippen LogP contribution in [0.4, 0.5) is 0 Å². The summed E-state index contributed by atoms with van der Waals surface area (Å²) >= 11 is 0. The third-order valence-corrected chi connectivity index (χ3v) is 2.12. The SMILES string of the molecule is COC(=O)CC(=O)CC1=CC=C(C)CN1. The second-order valence-corrected chi connectivity index (χ2v) is 3.53. The standard InChI is InChI=1S/C11H15NO3/c1-8-3-4-9(12-7-8)5-10(13)6-11(14)15-2/h3-4,12H,5-7H2,1-2H3. The largest absolute Gasteiger partial charge is 0.469 e. The topological polar surface area (TPSA) is 55.4 Å². The fourth-order valence-electron chi connectivity index (χ4n) is 1.24. The van der Waals surface area contributed by atoms with Crippen molar-refractivity contribution in [1.29, 1.82) is 0 Å². The van der Waals surface area contributed by atoms with Gasteiger partial charge in [0.15, 0.2) is 0 Å². The minimum Gasteiger partial charge on any atom is -0.469 e. The Balaban J connectivity index is 2.42. The van der Waals surface area contributed by atoms with E-state index in [1.54, 1.807) is 0 Å². The van der Waals surface area contributed by atoms with Gasteiger partial charge >= 0.3 is 5.97 Å². The number of dihydropyridines is 1. The van der Waals surface area contributed by atoms with Crippen LogP contribution in [0.25, 0.3) is 0 Å². The van der Waals surface area contributed by atoms with Crippen LogP contribution in [-0.4, -0.2) is 25.4 Å². The van der Waals surface area contributed by atoms with Crippen molar-refractivity contribution >= 4 is 11.8 Å². The number of nitrogens with one attached hydrogen (secondary N) is 1. The molecule has 0 aromatic rings. The molecule has 1 rings (SSSR count). The first-order valence-corrected chi connectivity index (χ1v) is 4.80. The van der Waals surface area contributed by atoms with E-state index in [1.807, 2.05) is 19.1 Å². The summed E-state index contributed by atoms with van der Waals surface area (Å²) in [6.45, 7) is 2.77. The van der Waals surface area contributed by atoms with E-state index in [4.69, 9.17) is 0 Å². The van der Waals surface area contributed by atoms with Crippen LogP contribution in [0.2, 0.25) is 0 Å². The fraction of sp³-hybridized carbons (Fsp3) is 0.455. The van der Waals surface area contributed by atoms with Crippen molar-refractivity contribution in [3.05, 3.63) is 23.4 Å². The molecule has 0 radical (unpaired) electrons. The summed E-state index contributed by atoms with van der Waals surface area (Å²) in [6.07, 6.45) is 3.95. The third kappa shape index (κ3) is 3.97. The van der Waals surface area contributed by atoms with Gasteiger partial charge in [-0.1, -0.05) is 11.6 Å². The molecular weight excluding hydrogens is 194 g/mol. The maximum atomic E-state index is 11.4. The van der Waals surface area contributed by atoms with Gasteiger partial charge in [0.05, 0.1) is 7.11 Å². The average molecular weight is 209 g/mol. The molecule has 0 saturated carbocycles. The summed E-state index contributed by atoms with van der Waals surface area (Å²) in [4.78, 5) is 22.2. The molecule has 1 N–H and O–H groups in total. The van der Waals surface area contributed by atoms with Gasteiger partial charge < -0.3 is 10.1 Å². The van der Waals surface area contributed by atoms with Gasteiger partial charge in [-0.25, -0.2) is 0 Å². The minimum atomic E-state index is -0.483. The smallest absolute Gasteiger partial charge is 0.313 e. The van der Waals surface area contributed by atoms with Gasteiger partial charge in [-0.3, -0.25) is 9.59 Å². The minimum absolute atomic E-state index is 0.131. The zero-order valence-electron chi connectivity index (χ0n) is 9.00. The highest BCUT2D eigenvalue weighted by atomic mass is 16.5. The van der Waals surface area contributed by atoms with Gasteiger partial charge in [-0.2, -0.15) is 0 Å². The second-order valence-electron chi connectivity index (χ2n) is 3.53. The Bertz CT molecular complexity index is 329. The number of methoxy groups -OCH3 is 1. The van der Waals surface area contributed by atoms with E-state index in [0.717, 1.165) is 12.2 Å². The number of rotatable bonds is 4. The fourth-order valence-corrected chi connectivity index (χ4v) is 1.24. The van der Waals surface area contributed by atoms with Crippen LogP contribution < -0.4 is 5.32 Å². The molecule has 4 nitrogen and oxygen atoms in total. The normalized spacial score (nSPS) is 14.8. The van der Waals surface area contributed by atoms with Crippen molar-refractivity contribution in [1.82, 2.24) is 5.32 Å². The summed E-state index contributed by atoms with van der Waals surface area (Å²) < 4.78 is 4.42. The first-order valence-electron chi connectivity index (χ1n) is 4.80. The molecule has 0 fully saturated rings. The van der Waals surface area contributed by atoms with Crippen LogP contribution in [0, 0.1) is 0 Å². The number of hydrogen-bond donors (Lipinski definition) is 1. The Morgan fingerprint density at radius 2 is 2.20 bits per heavy atom. The molecule has 0 bridgehead atoms. The van der Waals surface area contributed by atoms with Crippen LogP contribution in [0.5, 0.6) is 0 Å². The zero-order chi connectivity index (χ0) is 11.3. The summed E-state index contributed by atoms with van der Waals surface area (Å²) in [5, 5.41) is 3.11. The molecule has 0 spiro atoms. The first-order chi connectivity index (χ1) is 7.11. The van der Waals surface area contributed by atoms with E-state index in [0.29, 0.717) is 0 Å². The summed E-state index contributed by atoms with van der Waals surface area (Å²) in [5.41, 5.74) is 2.08. The van der Waals surface area contributed by atoms with Crippen LogP contribution in [0.3, 0.4) is 0 Å². The predicted molar refractivity (Wildman–Crippen MR) is 56.1 cm³/mol. The summed E-state index contributed by atoms with van der Waals surface area (Å²) in [6, 6.07) is 0. The molecule has 1 aliphatic heterocycles. The van der Waals surface area contributed by atoms with E-state index < -0.39 is 5.97 Å². The van der Waals surface area contributed by atoms with Crippen LogP contribution >= 0.6 is 0 Å². The van der Waals surface area contributed by atoms with Crippen molar-refractivity contribution in [3.63, 3.8) is 0 Å². The van der Waals surface area contributed by atoms with Gasteiger partial charge in [0.2, 0.25) is 0 Å². The highest BCUT2D eigenvalue weighted by molar-refractivity contribution is 5.96. The molecule has 0 aromatic carbocycles. The number of ether oxygens (including phenoxy) is 1. The molecule has 1 heterocycles. The summed E-state index contributed by atoms with van der Waals surface area (Å²) in [7, 11) is 1.28. The number of allylic oxidation sites excluding steroid dienone is 3. The lowest BCUT2D eigenvalue weighted by Gasteiger charge is -2.14. The van der Waals surface area contributed by atoms with E-state index in [2.05, 4.69) is 10.1 Å². The lowest BCUT2D eigenvalue weighted by Crippen LogP contribution is -2.21. The van der Waals surface area contributed by atoms with Crippen LogP contribution in [0.15, 0.2) is 23.4 Å². The molecule has 0 unspecified atom stereocenters. The number of esters is 1. The van der Waals surface area contributed by atoms with Gasteiger partial charge in [0.25, 0.3) is 0 Å². The number of carbonyl (C=O) groups is 2. The maximum Gasteiger partial charge on any atom is 0.313 e. The van der Waals surface area contributed by atoms with Gasteiger partial charge in [-0.15, -0.1) is 0 Å². The highest BCUT2D eigenvalue weighted by Gasteiger charge is 2.12. The number of ketones is 1. The Hall–Kier alpha value is -1.58. The Morgan fingerprint density at radius 3 is 2.73 bits per heavy atom. The molecule has 4 heteroatoms. The van der Waals surface area contributed by atoms with Crippen molar-refractivity contribution in [2.45, 2.75) is 19.8 Å². The van der Waals surface area contributed by atoms with Gasteiger partial charge in [0.1, 0.15) is 12.2 Å². The van der Waals surface area contributed by atoms with E-state index in [9.17, 15) is 9.59 Å². The van der Waals surface area contributed by atoms with Gasteiger partial charge in [0, 0.05) is 18.7 Å². The van der Waals surface area contributed by atoms with Crippen LogP contribution in [-0.2, 0) is 14.3 Å². The van der Waals surface area contributed by atoms with Crippen molar-refractivity contribution in [2.75, 3.05) is 13.7 Å². The Kier molecular flexibility index (Phi) is 4.09. The quantitative estimate of drug-likeness (QED) is 0.553. The molecule has 15 heavy (non-hydrogen) atoms. The summed E-state index contributed by atoms with van der Waals surface area (Å²) in [5.74, 6) is -0.614. The monoisotopic (exact) mass is 209 g/mol. The zero-order valence-corrected chi connectivity index (χ0v) is 9.00. The lowest BCUT2D eigenvalue weighted by atomic mass is 10.1. The number of Topliss-reactive ketones (excluding diaryl/α,β-unsaturated/α-hetero) is 1. The van der Waals surface area contributed by atoms with Crippen molar-refractivity contribution in [3.8, 4) is 0 Å². The lowest BCUT2D eigenvalue weighted by molar-refractivity contribution is -0.143. The molecule has 0 amide bonds. The molecule has 0 aromatic heterocycles. The molecular formula is C11H15NO3. The maximum absolute atomic E-state index is 11.4. The number of carbonyl (C=O) groups excluding carboxylic acids is 2. The highest BCUT2D eigenvalue weighted by Crippen LogP contribution is 2.08. The van der Waals surface area contributed by atoms with Gasteiger partial charge in [-0.05, 0) is 13.0 Å². The average Bonchev–Trinajstić information content (AvgIpc) is 2.21. The molecule has 1 aliphatic rings. The Morgan fingerprint density at radius 1 is 1.47 bits per heavy atom. The third-order valence-electron chi connectivity index (χ3n) is 2.12. The Labute approximate surface area is 89.0 Å². The molecule has 0 aliphatic carbocycles. The van der Waals surface area contributed by atoms with E-state index >= 15 is 0 Å². The first kappa shape index (κ1) is 11.5. The van der Waals surface area contributed by atoms with Crippen molar-refractivity contribution in [2.24, 2.45) is 0 Å². The second kappa shape index (κ2) is 5.34. The molecule has 0 atom stereocenters. The van der Waals surface area contributed by atoms with Crippen molar-refractivity contribution < 1.29 is 14.3 Å². The van der Waals surface area contributed by atoms with E-state index in [1.165, 1.54) is 12.7 Å². The molecule has 0 saturated heterocycles. The molecule has 82 valence electrons. The van der Waals surface area contributed by atoms with Crippen LogP contribution in [0.1, 0.15) is 19.8 Å². The van der Waals surface area contributed by atoms with E-state index in [-0.39, 0.29) is 18.6 Å². The number of hydrogen-bond acceptors (Lipinski definition) is 4. The predicted octanol–water partition coefficient (Wildman–Crippen LogP) is 0.942.